The highest BCUT2D eigenvalue weighted by Crippen LogP contribution is 2.26. The molecule has 1 atom stereocenters. The Kier molecular flexibility index (Phi) is 4.29. The van der Waals surface area contributed by atoms with Gasteiger partial charge < -0.3 is 5.73 Å². The predicted octanol–water partition coefficient (Wildman–Crippen LogP) is 2.79. The molecule has 0 amide bonds. The smallest absolute Gasteiger partial charge is 0.243 e. The van der Waals surface area contributed by atoms with Crippen molar-refractivity contribution >= 4 is 15.7 Å². The first-order valence-electron chi connectivity index (χ1n) is 6.41. The van der Waals surface area contributed by atoms with Crippen LogP contribution in [0.25, 0.3) is 0 Å². The Morgan fingerprint density at radius 3 is 2.10 bits per heavy atom. The van der Waals surface area contributed by atoms with Gasteiger partial charge in [0.2, 0.25) is 10.0 Å². The first kappa shape index (κ1) is 15.5. The van der Waals surface area contributed by atoms with E-state index in [-0.39, 0.29) is 10.7 Å². The van der Waals surface area contributed by atoms with Crippen molar-refractivity contribution in [3.05, 3.63) is 59.9 Å². The van der Waals surface area contributed by atoms with Crippen molar-refractivity contribution < 1.29 is 12.8 Å². The maximum absolute atomic E-state index is 12.9. The standard InChI is InChI=1S/C15H17FN2O2S/c1-11(12-3-5-13(16)6-4-12)18(2)21(19,20)15-9-7-14(17)8-10-15/h3-11H,17H2,1-2H3. The molecular formula is C15H17FN2O2S. The third kappa shape index (κ3) is 3.22. The first-order valence-corrected chi connectivity index (χ1v) is 7.85. The number of rotatable bonds is 4. The van der Waals surface area contributed by atoms with E-state index in [9.17, 15) is 12.8 Å². The molecule has 6 heteroatoms. The van der Waals surface area contributed by atoms with Crippen LogP contribution in [-0.2, 0) is 10.0 Å². The molecule has 0 aliphatic carbocycles. The van der Waals surface area contributed by atoms with Crippen LogP contribution in [0, 0.1) is 5.82 Å². The zero-order valence-electron chi connectivity index (χ0n) is 11.8. The van der Waals surface area contributed by atoms with E-state index in [0.29, 0.717) is 5.69 Å². The van der Waals surface area contributed by atoms with Gasteiger partial charge in [-0.05, 0) is 48.9 Å². The van der Waals surface area contributed by atoms with E-state index >= 15 is 0 Å². The summed E-state index contributed by atoms with van der Waals surface area (Å²) >= 11 is 0. The van der Waals surface area contributed by atoms with E-state index in [0.717, 1.165) is 5.56 Å². The maximum atomic E-state index is 12.9. The van der Waals surface area contributed by atoms with Gasteiger partial charge in [-0.3, -0.25) is 0 Å². The fourth-order valence-corrected chi connectivity index (χ4v) is 3.32. The second-order valence-electron chi connectivity index (χ2n) is 4.82. The molecule has 2 aromatic carbocycles. The molecule has 2 rings (SSSR count). The van der Waals surface area contributed by atoms with Crippen molar-refractivity contribution in [1.29, 1.82) is 0 Å². The quantitative estimate of drug-likeness (QED) is 0.883. The fourth-order valence-electron chi connectivity index (χ4n) is 1.97. The number of nitrogens with zero attached hydrogens (tertiary/aromatic N) is 1. The highest BCUT2D eigenvalue weighted by molar-refractivity contribution is 7.89. The Morgan fingerprint density at radius 2 is 1.57 bits per heavy atom. The summed E-state index contributed by atoms with van der Waals surface area (Å²) in [5.41, 5.74) is 6.79. The zero-order chi connectivity index (χ0) is 15.6. The van der Waals surface area contributed by atoms with Gasteiger partial charge in [0.1, 0.15) is 5.82 Å². The molecule has 0 bridgehead atoms. The van der Waals surface area contributed by atoms with Crippen molar-refractivity contribution in [3.63, 3.8) is 0 Å². The van der Waals surface area contributed by atoms with E-state index in [1.165, 1.54) is 35.6 Å². The molecule has 112 valence electrons. The molecule has 1 unspecified atom stereocenters. The molecule has 0 radical (unpaired) electrons. The van der Waals surface area contributed by atoms with Crippen LogP contribution in [-0.4, -0.2) is 19.8 Å². The molecule has 0 aromatic heterocycles. The molecule has 4 nitrogen and oxygen atoms in total. The van der Waals surface area contributed by atoms with E-state index in [4.69, 9.17) is 5.73 Å². The van der Waals surface area contributed by atoms with E-state index in [1.54, 1.807) is 31.2 Å². The van der Waals surface area contributed by atoms with Crippen LogP contribution in [0.2, 0.25) is 0 Å². The normalized spacial score (nSPS) is 13.3. The molecule has 0 saturated carbocycles. The van der Waals surface area contributed by atoms with Crippen LogP contribution < -0.4 is 5.73 Å². The number of hydrogen-bond acceptors (Lipinski definition) is 3. The third-order valence-electron chi connectivity index (χ3n) is 3.45. The number of nitrogens with two attached hydrogens (primary N) is 1. The van der Waals surface area contributed by atoms with Gasteiger partial charge in [-0.25, -0.2) is 12.8 Å². The van der Waals surface area contributed by atoms with Crippen molar-refractivity contribution in [2.75, 3.05) is 12.8 Å². The monoisotopic (exact) mass is 308 g/mol. The summed E-state index contributed by atoms with van der Waals surface area (Å²) in [4.78, 5) is 0.174. The summed E-state index contributed by atoms with van der Waals surface area (Å²) in [6.45, 7) is 1.75. The van der Waals surface area contributed by atoms with Crippen molar-refractivity contribution in [3.8, 4) is 0 Å². The third-order valence-corrected chi connectivity index (χ3v) is 5.40. The molecule has 0 aliphatic heterocycles. The summed E-state index contributed by atoms with van der Waals surface area (Å²) in [7, 11) is -2.13. The molecule has 2 aromatic rings. The Balaban J connectivity index is 2.31. The van der Waals surface area contributed by atoms with Gasteiger partial charge in [0, 0.05) is 18.8 Å². The number of halogens is 1. The molecule has 0 aliphatic rings. The Bertz CT molecular complexity index is 712. The molecule has 0 heterocycles. The topological polar surface area (TPSA) is 63.4 Å². The molecule has 21 heavy (non-hydrogen) atoms. The van der Waals surface area contributed by atoms with Crippen LogP contribution in [0.5, 0.6) is 0 Å². The van der Waals surface area contributed by atoms with Crippen LogP contribution in [0.15, 0.2) is 53.4 Å². The number of nitrogen functional groups attached to an aromatic ring is 1. The van der Waals surface area contributed by atoms with Crippen LogP contribution in [0.1, 0.15) is 18.5 Å². The largest absolute Gasteiger partial charge is 0.399 e. The van der Waals surface area contributed by atoms with Gasteiger partial charge in [-0.2, -0.15) is 4.31 Å². The van der Waals surface area contributed by atoms with Crippen molar-refractivity contribution in [2.45, 2.75) is 17.9 Å². The second-order valence-corrected chi connectivity index (χ2v) is 6.82. The van der Waals surface area contributed by atoms with Gasteiger partial charge in [-0.1, -0.05) is 12.1 Å². The minimum Gasteiger partial charge on any atom is -0.399 e. The molecule has 2 N–H and O–H groups in total. The van der Waals surface area contributed by atoms with Crippen molar-refractivity contribution in [1.82, 2.24) is 4.31 Å². The zero-order valence-corrected chi connectivity index (χ0v) is 12.6. The lowest BCUT2D eigenvalue weighted by atomic mass is 10.1. The Labute approximate surface area is 124 Å². The van der Waals surface area contributed by atoms with Gasteiger partial charge >= 0.3 is 0 Å². The van der Waals surface area contributed by atoms with Gasteiger partial charge in [0.15, 0.2) is 0 Å². The first-order chi connectivity index (χ1) is 9.82. The summed E-state index contributed by atoms with van der Waals surface area (Å²) in [6, 6.07) is 11.4. The highest BCUT2D eigenvalue weighted by atomic mass is 32.2. The summed E-state index contributed by atoms with van der Waals surface area (Å²) in [6.07, 6.45) is 0. The van der Waals surface area contributed by atoms with Gasteiger partial charge in [-0.15, -0.1) is 0 Å². The molecule has 0 fully saturated rings. The lowest BCUT2D eigenvalue weighted by molar-refractivity contribution is 0.398. The Hall–Kier alpha value is -1.92. The minimum atomic E-state index is -3.63. The van der Waals surface area contributed by atoms with E-state index in [1.807, 2.05) is 0 Å². The number of sulfonamides is 1. The fraction of sp³-hybridized carbons (Fsp3) is 0.200. The van der Waals surface area contributed by atoms with Crippen LogP contribution in [0.3, 0.4) is 0 Å². The lowest BCUT2D eigenvalue weighted by Crippen LogP contribution is -2.29. The maximum Gasteiger partial charge on any atom is 0.243 e. The number of benzene rings is 2. The number of hydrogen-bond donors (Lipinski definition) is 1. The van der Waals surface area contributed by atoms with Crippen molar-refractivity contribution in [2.24, 2.45) is 0 Å². The molecular weight excluding hydrogens is 291 g/mol. The predicted molar refractivity (Wildman–Crippen MR) is 80.6 cm³/mol. The minimum absolute atomic E-state index is 0.174. The Morgan fingerprint density at radius 1 is 1.05 bits per heavy atom. The average molecular weight is 308 g/mol. The average Bonchev–Trinajstić information content (AvgIpc) is 2.47. The van der Waals surface area contributed by atoms with Crippen LogP contribution in [0.4, 0.5) is 10.1 Å². The summed E-state index contributed by atoms with van der Waals surface area (Å²) < 4.78 is 39.3. The summed E-state index contributed by atoms with van der Waals surface area (Å²) in [5.74, 6) is -0.352. The number of anilines is 1. The van der Waals surface area contributed by atoms with Gasteiger partial charge in [0.05, 0.1) is 4.90 Å². The summed E-state index contributed by atoms with van der Waals surface area (Å²) in [5, 5.41) is 0. The van der Waals surface area contributed by atoms with E-state index < -0.39 is 16.1 Å². The van der Waals surface area contributed by atoms with Gasteiger partial charge in [0.25, 0.3) is 0 Å². The molecule has 0 saturated heterocycles. The molecule has 0 spiro atoms. The SMILES string of the molecule is CC(c1ccc(F)cc1)N(C)S(=O)(=O)c1ccc(N)cc1. The van der Waals surface area contributed by atoms with E-state index in [2.05, 4.69) is 0 Å². The lowest BCUT2D eigenvalue weighted by Gasteiger charge is -2.24. The second kappa shape index (κ2) is 5.83. The van der Waals surface area contributed by atoms with Crippen LogP contribution >= 0.6 is 0 Å². The highest BCUT2D eigenvalue weighted by Gasteiger charge is 2.26.